The fourth-order valence-electron chi connectivity index (χ4n) is 4.05. The topological polar surface area (TPSA) is 113 Å². The highest BCUT2D eigenvalue weighted by atomic mass is 32.2. The van der Waals surface area contributed by atoms with Gasteiger partial charge in [-0.15, -0.1) is 0 Å². The van der Waals surface area contributed by atoms with Crippen LogP contribution in [0, 0.1) is 0 Å². The summed E-state index contributed by atoms with van der Waals surface area (Å²) in [6.45, 7) is 1.20. The largest absolute Gasteiger partial charge is 0.325 e. The minimum Gasteiger partial charge on any atom is -0.325 e. The van der Waals surface area contributed by atoms with Gasteiger partial charge in [-0.25, -0.2) is 13.2 Å². The molecule has 8 nitrogen and oxygen atoms in total. The molecule has 2 aromatic carbocycles. The molecule has 2 aromatic rings. The highest BCUT2D eigenvalue weighted by Gasteiger charge is 2.49. The molecule has 9 heteroatoms. The van der Waals surface area contributed by atoms with Crippen LogP contribution in [0.1, 0.15) is 30.0 Å². The lowest BCUT2D eigenvalue weighted by Gasteiger charge is -2.23. The van der Waals surface area contributed by atoms with Gasteiger partial charge in [0.15, 0.2) is 9.84 Å². The van der Waals surface area contributed by atoms with Crippen molar-refractivity contribution in [2.24, 2.45) is 0 Å². The predicted octanol–water partition coefficient (Wildman–Crippen LogP) is 1.98. The van der Waals surface area contributed by atoms with Crippen molar-refractivity contribution in [3.05, 3.63) is 59.2 Å². The molecule has 4 amide bonds. The molecule has 2 aliphatic rings. The number of aryl methyl sites for hydroxylation is 2. The summed E-state index contributed by atoms with van der Waals surface area (Å²) in [7, 11) is -3.34. The lowest BCUT2D eigenvalue weighted by molar-refractivity contribution is -0.133. The molecule has 0 radical (unpaired) electrons. The molecule has 0 bridgehead atoms. The van der Waals surface area contributed by atoms with E-state index in [0.29, 0.717) is 11.3 Å². The second-order valence-corrected chi connectivity index (χ2v) is 10.1. The van der Waals surface area contributed by atoms with Gasteiger partial charge >= 0.3 is 6.03 Å². The molecular formula is C22H23N3O5S. The van der Waals surface area contributed by atoms with Crippen LogP contribution in [-0.4, -0.2) is 44.0 Å². The quantitative estimate of drug-likeness (QED) is 0.689. The minimum absolute atomic E-state index is 0.129. The Kier molecular flexibility index (Phi) is 5.09. The molecule has 1 aliphatic heterocycles. The van der Waals surface area contributed by atoms with Gasteiger partial charge in [-0.1, -0.05) is 18.2 Å². The van der Waals surface area contributed by atoms with Crippen LogP contribution in [0.15, 0.2) is 47.4 Å². The maximum absolute atomic E-state index is 13.1. The number of nitrogens with zero attached hydrogens (tertiary/aromatic N) is 1. The van der Waals surface area contributed by atoms with Crippen LogP contribution in [0.2, 0.25) is 0 Å². The highest BCUT2D eigenvalue weighted by molar-refractivity contribution is 7.90. The molecule has 1 fully saturated rings. The van der Waals surface area contributed by atoms with Crippen molar-refractivity contribution < 1.29 is 22.8 Å². The molecular weight excluding hydrogens is 418 g/mol. The minimum atomic E-state index is -3.34. The Morgan fingerprint density at radius 1 is 1.10 bits per heavy atom. The van der Waals surface area contributed by atoms with E-state index in [1.807, 2.05) is 18.2 Å². The fraction of sp³-hybridized carbons (Fsp3) is 0.318. The summed E-state index contributed by atoms with van der Waals surface area (Å²) in [5.74, 6) is -1.05. The number of sulfone groups is 1. The second kappa shape index (κ2) is 7.49. The van der Waals surface area contributed by atoms with Gasteiger partial charge in [0.2, 0.25) is 5.91 Å². The SMILES string of the molecule is C[C@]1(c2ccc3c(c2)CCC3)NC(=O)N(CC(=O)Nc2ccc(S(C)(=O)=O)cc2)C1=O. The third-order valence-electron chi connectivity index (χ3n) is 5.82. The van der Waals surface area contributed by atoms with Crippen molar-refractivity contribution in [3.63, 3.8) is 0 Å². The molecule has 31 heavy (non-hydrogen) atoms. The van der Waals surface area contributed by atoms with E-state index in [9.17, 15) is 22.8 Å². The van der Waals surface area contributed by atoms with E-state index in [1.54, 1.807) is 6.92 Å². The zero-order valence-electron chi connectivity index (χ0n) is 17.3. The number of hydrogen-bond donors (Lipinski definition) is 2. The fourth-order valence-corrected chi connectivity index (χ4v) is 4.68. The number of anilines is 1. The third kappa shape index (κ3) is 3.93. The first kappa shape index (κ1) is 21.0. The Bertz CT molecular complexity index is 1190. The molecule has 162 valence electrons. The number of amides is 4. The number of rotatable bonds is 5. The Labute approximate surface area is 180 Å². The zero-order chi connectivity index (χ0) is 22.4. The van der Waals surface area contributed by atoms with Gasteiger partial charge in [-0.2, -0.15) is 0 Å². The number of nitrogens with one attached hydrogen (secondary N) is 2. The summed E-state index contributed by atoms with van der Waals surface area (Å²) >= 11 is 0. The van der Waals surface area contributed by atoms with Crippen molar-refractivity contribution in [1.82, 2.24) is 10.2 Å². The molecule has 1 aliphatic carbocycles. The smallest absolute Gasteiger partial charge is 0.325 e. The summed E-state index contributed by atoms with van der Waals surface area (Å²) in [6, 6.07) is 10.9. The number of hydrogen-bond acceptors (Lipinski definition) is 5. The number of fused-ring (bicyclic) bond motifs is 1. The van der Waals surface area contributed by atoms with E-state index >= 15 is 0 Å². The summed E-state index contributed by atoms with van der Waals surface area (Å²) in [6.07, 6.45) is 4.14. The van der Waals surface area contributed by atoms with Crippen molar-refractivity contribution >= 4 is 33.4 Å². The average Bonchev–Trinajstić information content (AvgIpc) is 3.26. The summed E-state index contributed by atoms with van der Waals surface area (Å²) in [5.41, 5.74) is 2.29. The Balaban J connectivity index is 1.47. The van der Waals surface area contributed by atoms with Crippen LogP contribution in [-0.2, 0) is 37.8 Å². The first-order chi connectivity index (χ1) is 14.6. The van der Waals surface area contributed by atoms with E-state index in [1.165, 1.54) is 35.4 Å². The van der Waals surface area contributed by atoms with Crippen molar-refractivity contribution in [2.75, 3.05) is 18.1 Å². The molecule has 0 spiro atoms. The van der Waals surface area contributed by atoms with Crippen molar-refractivity contribution in [2.45, 2.75) is 36.6 Å². The van der Waals surface area contributed by atoms with E-state index in [4.69, 9.17) is 0 Å². The van der Waals surface area contributed by atoms with E-state index in [2.05, 4.69) is 10.6 Å². The summed E-state index contributed by atoms with van der Waals surface area (Å²) < 4.78 is 23.1. The molecule has 2 N–H and O–H groups in total. The Morgan fingerprint density at radius 2 is 1.77 bits per heavy atom. The maximum Gasteiger partial charge on any atom is 0.325 e. The van der Waals surface area contributed by atoms with Gasteiger partial charge in [0.1, 0.15) is 12.1 Å². The van der Waals surface area contributed by atoms with Crippen LogP contribution in [0.5, 0.6) is 0 Å². The van der Waals surface area contributed by atoms with Crippen molar-refractivity contribution in [3.8, 4) is 0 Å². The van der Waals surface area contributed by atoms with Gasteiger partial charge in [0, 0.05) is 11.9 Å². The Morgan fingerprint density at radius 3 is 2.45 bits per heavy atom. The molecule has 1 atom stereocenters. The number of imide groups is 1. The lowest BCUT2D eigenvalue weighted by Crippen LogP contribution is -2.42. The van der Waals surface area contributed by atoms with E-state index < -0.39 is 39.8 Å². The van der Waals surface area contributed by atoms with Crippen LogP contribution >= 0.6 is 0 Å². The van der Waals surface area contributed by atoms with Crippen LogP contribution in [0.4, 0.5) is 10.5 Å². The first-order valence-electron chi connectivity index (χ1n) is 9.94. The molecule has 4 rings (SSSR count). The molecule has 0 saturated carbocycles. The number of carbonyl (C=O) groups excluding carboxylic acids is 3. The van der Waals surface area contributed by atoms with Gasteiger partial charge in [0.25, 0.3) is 5.91 Å². The third-order valence-corrected chi connectivity index (χ3v) is 6.95. The molecule has 1 saturated heterocycles. The van der Waals surface area contributed by atoms with Gasteiger partial charge < -0.3 is 10.6 Å². The molecule has 0 aromatic heterocycles. The first-order valence-corrected chi connectivity index (χ1v) is 11.8. The average molecular weight is 442 g/mol. The van der Waals surface area contributed by atoms with Gasteiger partial charge in [-0.05, 0) is 67.1 Å². The zero-order valence-corrected chi connectivity index (χ0v) is 18.1. The number of urea groups is 1. The second-order valence-electron chi connectivity index (χ2n) is 8.13. The molecule has 1 heterocycles. The van der Waals surface area contributed by atoms with Crippen LogP contribution in [0.3, 0.4) is 0 Å². The monoisotopic (exact) mass is 441 g/mol. The van der Waals surface area contributed by atoms with Crippen molar-refractivity contribution in [1.29, 1.82) is 0 Å². The number of carbonyl (C=O) groups is 3. The maximum atomic E-state index is 13.1. The Hall–Kier alpha value is -3.20. The lowest BCUT2D eigenvalue weighted by atomic mass is 9.89. The van der Waals surface area contributed by atoms with E-state index in [0.717, 1.165) is 30.4 Å². The van der Waals surface area contributed by atoms with Gasteiger partial charge in [0.05, 0.1) is 4.90 Å². The van der Waals surface area contributed by atoms with Gasteiger partial charge in [-0.3, -0.25) is 14.5 Å². The normalized spacial score (nSPS) is 20.5. The van der Waals surface area contributed by atoms with Crippen LogP contribution < -0.4 is 10.6 Å². The van der Waals surface area contributed by atoms with Crippen LogP contribution in [0.25, 0.3) is 0 Å². The number of benzene rings is 2. The summed E-state index contributed by atoms with van der Waals surface area (Å²) in [4.78, 5) is 39.0. The standard InChI is InChI=1S/C22H23N3O5S/c1-22(16-7-6-14-4-3-5-15(14)12-16)20(27)25(21(28)24-22)13-19(26)23-17-8-10-18(11-9-17)31(2,29)30/h6-12H,3-5,13H2,1-2H3,(H,23,26)(H,24,28)/t22-/m1/s1. The summed E-state index contributed by atoms with van der Waals surface area (Å²) in [5, 5.41) is 5.30. The predicted molar refractivity (Wildman–Crippen MR) is 114 cm³/mol. The molecule has 0 unspecified atom stereocenters. The highest BCUT2D eigenvalue weighted by Crippen LogP contribution is 2.32. The van der Waals surface area contributed by atoms with E-state index in [-0.39, 0.29) is 4.90 Å².